The topological polar surface area (TPSA) is 45.0 Å². The molecule has 2 aromatic carbocycles. The highest BCUT2D eigenvalue weighted by Crippen LogP contribution is 2.33. The Bertz CT molecular complexity index is 848. The number of aryl methyl sites for hydroxylation is 1. The maximum absolute atomic E-state index is 14.3. The number of aromatic nitrogens is 1. The second kappa shape index (κ2) is 8.37. The molecule has 0 saturated heterocycles. The summed E-state index contributed by atoms with van der Waals surface area (Å²) >= 11 is 0. The molecule has 4 heteroatoms. The molecule has 1 aromatic heterocycles. The maximum atomic E-state index is 14.3. The van der Waals surface area contributed by atoms with Gasteiger partial charge in [-0.2, -0.15) is 0 Å². The van der Waals surface area contributed by atoms with E-state index in [1.54, 1.807) is 6.07 Å². The molecule has 3 aromatic rings. The molecule has 0 unspecified atom stereocenters. The number of halogens is 1. The van der Waals surface area contributed by atoms with E-state index < -0.39 is 0 Å². The summed E-state index contributed by atoms with van der Waals surface area (Å²) in [7, 11) is 0. The molecule has 3 rings (SSSR count). The Kier molecular flexibility index (Phi) is 5.94. The van der Waals surface area contributed by atoms with Crippen molar-refractivity contribution in [2.24, 2.45) is 5.73 Å². The molecule has 1 heterocycles. The summed E-state index contributed by atoms with van der Waals surface area (Å²) in [4.78, 5) is 5.65. The summed E-state index contributed by atoms with van der Waals surface area (Å²) in [6.07, 6.45) is 2.88. The van der Waals surface area contributed by atoms with E-state index in [2.05, 4.69) is 48.0 Å². The molecule has 138 valence electrons. The summed E-state index contributed by atoms with van der Waals surface area (Å²) in [6.45, 7) is 6.97. The summed E-state index contributed by atoms with van der Waals surface area (Å²) in [5.41, 5.74) is 10.8. The van der Waals surface area contributed by atoms with Gasteiger partial charge in [-0.3, -0.25) is 0 Å². The Morgan fingerprint density at radius 3 is 2.38 bits per heavy atom. The van der Waals surface area contributed by atoms with E-state index in [9.17, 15) is 4.39 Å². The van der Waals surface area contributed by atoms with Crippen molar-refractivity contribution in [1.29, 1.82) is 0 Å². The van der Waals surface area contributed by atoms with E-state index in [0.29, 0.717) is 12.1 Å². The van der Waals surface area contributed by atoms with Gasteiger partial charge in [0.1, 0.15) is 5.82 Å². The first-order valence-corrected chi connectivity index (χ1v) is 9.54. The molecule has 0 saturated carbocycles. The lowest BCUT2D eigenvalue weighted by atomic mass is 10.00. The molecule has 0 aliphatic carbocycles. The second-order valence-corrected chi connectivity index (χ2v) is 6.61. The first kappa shape index (κ1) is 18.5. The van der Waals surface area contributed by atoms with Crippen LogP contribution in [0.4, 0.5) is 10.1 Å². The predicted molar refractivity (Wildman–Crippen MR) is 109 cm³/mol. The third-order valence-corrected chi connectivity index (χ3v) is 5.06. The number of para-hydroxylation sites is 1. The van der Waals surface area contributed by atoms with Gasteiger partial charge in [0.2, 0.25) is 0 Å². The fourth-order valence-corrected chi connectivity index (χ4v) is 3.62. The molecule has 0 atom stereocenters. The molecule has 0 radical (unpaired) electrons. The molecule has 3 nitrogen and oxygen atoms in total. The lowest BCUT2D eigenvalue weighted by molar-refractivity contribution is 0.637. The highest BCUT2D eigenvalue weighted by molar-refractivity contribution is 5.91. The van der Waals surface area contributed by atoms with Crippen molar-refractivity contribution >= 4 is 16.6 Å². The molecular weight excluding hydrogens is 325 g/mol. The van der Waals surface area contributed by atoms with Gasteiger partial charge in [0.15, 0.2) is 0 Å². The van der Waals surface area contributed by atoms with Crippen molar-refractivity contribution in [3.63, 3.8) is 0 Å². The van der Waals surface area contributed by atoms with Crippen molar-refractivity contribution in [2.45, 2.75) is 33.1 Å². The van der Waals surface area contributed by atoms with Crippen LogP contribution >= 0.6 is 0 Å². The largest absolute Gasteiger partial charge is 0.372 e. The van der Waals surface area contributed by atoms with Crippen LogP contribution in [0.1, 0.15) is 32.3 Å². The SMILES string of the molecule is CCN(CC)c1ccc(-c2[nH]c3c(F)cccc3c2CCCCN)cc1. The predicted octanol–water partition coefficient (Wildman–Crippen LogP) is 5.10. The molecule has 3 N–H and O–H groups in total. The van der Waals surface area contributed by atoms with Gasteiger partial charge in [0.25, 0.3) is 0 Å². The minimum atomic E-state index is -0.200. The number of hydrogen-bond donors (Lipinski definition) is 2. The molecule has 26 heavy (non-hydrogen) atoms. The fourth-order valence-electron chi connectivity index (χ4n) is 3.62. The standard InChI is InChI=1S/C22H28FN3/c1-3-26(4-2)17-13-11-16(12-14-17)21-18(8-5-6-15-24)19-9-7-10-20(23)22(19)25-21/h7,9-14,25H,3-6,8,15,24H2,1-2H3. The highest BCUT2D eigenvalue weighted by Gasteiger charge is 2.15. The molecule has 0 aliphatic heterocycles. The number of hydrogen-bond acceptors (Lipinski definition) is 2. The number of anilines is 1. The molecule has 0 fully saturated rings. The lowest BCUT2D eigenvalue weighted by Crippen LogP contribution is -2.21. The van der Waals surface area contributed by atoms with Gasteiger partial charge in [0, 0.05) is 29.9 Å². The summed E-state index contributed by atoms with van der Waals surface area (Å²) in [6, 6.07) is 13.8. The van der Waals surface area contributed by atoms with Gasteiger partial charge in [-0.25, -0.2) is 4.39 Å². The van der Waals surface area contributed by atoms with Crippen LogP contribution in [0.5, 0.6) is 0 Å². The molecular formula is C22H28FN3. The zero-order valence-corrected chi connectivity index (χ0v) is 15.7. The monoisotopic (exact) mass is 353 g/mol. The van der Waals surface area contributed by atoms with Crippen LogP contribution in [0.3, 0.4) is 0 Å². The van der Waals surface area contributed by atoms with Crippen LogP contribution in [0, 0.1) is 5.82 Å². The van der Waals surface area contributed by atoms with Crippen molar-refractivity contribution < 1.29 is 4.39 Å². The maximum Gasteiger partial charge on any atom is 0.147 e. The third-order valence-electron chi connectivity index (χ3n) is 5.06. The van der Waals surface area contributed by atoms with E-state index in [0.717, 1.165) is 49.0 Å². The Balaban J connectivity index is 2.03. The number of aromatic amines is 1. The normalized spacial score (nSPS) is 11.2. The number of nitrogens with zero attached hydrogens (tertiary/aromatic N) is 1. The summed E-state index contributed by atoms with van der Waals surface area (Å²) in [5, 5.41) is 0.977. The van der Waals surface area contributed by atoms with E-state index in [1.807, 2.05) is 6.07 Å². The van der Waals surface area contributed by atoms with Crippen molar-refractivity contribution in [3.8, 4) is 11.3 Å². The summed E-state index contributed by atoms with van der Waals surface area (Å²) in [5.74, 6) is -0.200. The van der Waals surface area contributed by atoms with Gasteiger partial charge in [-0.05, 0) is 69.0 Å². The molecule has 0 amide bonds. The number of nitrogens with two attached hydrogens (primary N) is 1. The minimum Gasteiger partial charge on any atom is -0.372 e. The van der Waals surface area contributed by atoms with Gasteiger partial charge < -0.3 is 15.6 Å². The molecule has 0 bridgehead atoms. The average molecular weight is 353 g/mol. The van der Waals surface area contributed by atoms with Gasteiger partial charge in [-0.15, -0.1) is 0 Å². The van der Waals surface area contributed by atoms with Crippen LogP contribution in [0.15, 0.2) is 42.5 Å². The van der Waals surface area contributed by atoms with Crippen LogP contribution in [-0.2, 0) is 6.42 Å². The first-order valence-electron chi connectivity index (χ1n) is 9.54. The Labute approximate surface area is 155 Å². The van der Waals surface area contributed by atoms with Gasteiger partial charge >= 0.3 is 0 Å². The minimum absolute atomic E-state index is 0.200. The fraction of sp³-hybridized carbons (Fsp3) is 0.364. The van der Waals surface area contributed by atoms with Crippen LogP contribution in [-0.4, -0.2) is 24.6 Å². The highest BCUT2D eigenvalue weighted by atomic mass is 19.1. The average Bonchev–Trinajstić information content (AvgIpc) is 3.04. The van der Waals surface area contributed by atoms with Gasteiger partial charge in [0.05, 0.1) is 5.52 Å². The van der Waals surface area contributed by atoms with E-state index in [1.165, 1.54) is 17.3 Å². The van der Waals surface area contributed by atoms with Crippen LogP contribution in [0.2, 0.25) is 0 Å². The Hall–Kier alpha value is -2.33. The number of unbranched alkanes of at least 4 members (excludes halogenated alkanes) is 1. The van der Waals surface area contributed by atoms with Crippen molar-refractivity contribution in [2.75, 3.05) is 24.5 Å². The number of H-pyrrole nitrogens is 1. The second-order valence-electron chi connectivity index (χ2n) is 6.61. The molecule has 0 spiro atoms. The number of fused-ring (bicyclic) bond motifs is 1. The quantitative estimate of drug-likeness (QED) is 0.553. The number of nitrogens with one attached hydrogen (secondary N) is 1. The van der Waals surface area contributed by atoms with Crippen LogP contribution in [0.25, 0.3) is 22.2 Å². The van der Waals surface area contributed by atoms with Gasteiger partial charge in [-0.1, -0.05) is 24.3 Å². The molecule has 0 aliphatic rings. The van der Waals surface area contributed by atoms with E-state index in [-0.39, 0.29) is 5.82 Å². The zero-order chi connectivity index (χ0) is 18.5. The smallest absolute Gasteiger partial charge is 0.147 e. The van der Waals surface area contributed by atoms with Crippen LogP contribution < -0.4 is 10.6 Å². The van der Waals surface area contributed by atoms with E-state index >= 15 is 0 Å². The third kappa shape index (κ3) is 3.61. The van der Waals surface area contributed by atoms with Crippen molar-refractivity contribution in [1.82, 2.24) is 4.98 Å². The summed E-state index contributed by atoms with van der Waals surface area (Å²) < 4.78 is 14.3. The zero-order valence-electron chi connectivity index (χ0n) is 15.7. The Morgan fingerprint density at radius 1 is 1.00 bits per heavy atom. The Morgan fingerprint density at radius 2 is 1.73 bits per heavy atom. The van der Waals surface area contributed by atoms with E-state index in [4.69, 9.17) is 5.73 Å². The number of benzene rings is 2. The first-order chi connectivity index (χ1) is 12.7. The number of rotatable bonds is 8. The van der Waals surface area contributed by atoms with Crippen molar-refractivity contribution in [3.05, 3.63) is 53.8 Å². The lowest BCUT2D eigenvalue weighted by Gasteiger charge is -2.21.